The number of methoxy groups -OCH3 is 1. The average Bonchev–Trinajstić information content (AvgIpc) is 2.45. The highest BCUT2D eigenvalue weighted by molar-refractivity contribution is 5.78. The first kappa shape index (κ1) is 16.0. The zero-order valence-electron chi connectivity index (χ0n) is 11.8. The number of halogens is 1. The monoisotopic (exact) mass is 278 g/mol. The highest BCUT2D eigenvalue weighted by Gasteiger charge is 2.12. The number of ether oxygens (including phenoxy) is 1. The van der Waals surface area contributed by atoms with Crippen molar-refractivity contribution in [2.24, 2.45) is 0 Å². The number of hydrogen-bond donors (Lipinski definition) is 1. The summed E-state index contributed by atoms with van der Waals surface area (Å²) in [6.07, 6.45) is 5.10. The van der Waals surface area contributed by atoms with Gasteiger partial charge in [-0.1, -0.05) is 12.0 Å². The maximum absolute atomic E-state index is 13.6. The van der Waals surface area contributed by atoms with E-state index in [4.69, 9.17) is 11.2 Å². The highest BCUT2D eigenvalue weighted by Crippen LogP contribution is 2.18. The summed E-state index contributed by atoms with van der Waals surface area (Å²) < 4.78 is 18.5. The number of likely N-dealkylation sites (N-methyl/N-ethyl adjacent to an activating group) is 1. The molecule has 0 fully saturated rings. The first-order chi connectivity index (χ1) is 9.62. The van der Waals surface area contributed by atoms with Gasteiger partial charge in [0, 0.05) is 13.1 Å². The van der Waals surface area contributed by atoms with Crippen molar-refractivity contribution in [3.8, 4) is 18.1 Å². The van der Waals surface area contributed by atoms with Crippen LogP contribution in [0, 0.1) is 18.2 Å². The minimum atomic E-state index is -0.432. The van der Waals surface area contributed by atoms with Crippen LogP contribution in [0.5, 0.6) is 5.75 Å². The van der Waals surface area contributed by atoms with Crippen LogP contribution in [0.3, 0.4) is 0 Å². The standard InChI is InChI=1S/C15H19FN2O2/c1-4-8-17-10-15(19)18(5-2)11-12-6-7-14(20-3)13(16)9-12/h1,6-7,9,17H,5,8,10-11H2,2-3H3. The lowest BCUT2D eigenvalue weighted by atomic mass is 10.2. The number of hydrogen-bond acceptors (Lipinski definition) is 3. The fourth-order valence-electron chi connectivity index (χ4n) is 1.76. The van der Waals surface area contributed by atoms with E-state index in [-0.39, 0.29) is 18.2 Å². The lowest BCUT2D eigenvalue weighted by molar-refractivity contribution is -0.130. The molecule has 0 atom stereocenters. The van der Waals surface area contributed by atoms with E-state index in [0.717, 1.165) is 5.56 Å². The molecule has 0 spiro atoms. The van der Waals surface area contributed by atoms with E-state index in [2.05, 4.69) is 11.2 Å². The van der Waals surface area contributed by atoms with Gasteiger partial charge in [-0.3, -0.25) is 10.1 Å². The van der Waals surface area contributed by atoms with Gasteiger partial charge in [0.25, 0.3) is 0 Å². The topological polar surface area (TPSA) is 41.6 Å². The molecular formula is C15H19FN2O2. The van der Waals surface area contributed by atoms with Gasteiger partial charge in [0.2, 0.25) is 5.91 Å². The molecule has 0 unspecified atom stereocenters. The number of amides is 1. The first-order valence-electron chi connectivity index (χ1n) is 6.36. The normalized spacial score (nSPS) is 9.90. The smallest absolute Gasteiger partial charge is 0.236 e. The van der Waals surface area contributed by atoms with Crippen molar-refractivity contribution in [3.05, 3.63) is 29.6 Å². The lowest BCUT2D eigenvalue weighted by Gasteiger charge is -2.21. The van der Waals surface area contributed by atoms with Crippen molar-refractivity contribution in [3.63, 3.8) is 0 Å². The van der Waals surface area contributed by atoms with Gasteiger partial charge < -0.3 is 9.64 Å². The first-order valence-corrected chi connectivity index (χ1v) is 6.36. The fourth-order valence-corrected chi connectivity index (χ4v) is 1.76. The Hall–Kier alpha value is -2.06. The largest absolute Gasteiger partial charge is 0.494 e. The van der Waals surface area contributed by atoms with Gasteiger partial charge in [-0.15, -0.1) is 6.42 Å². The number of nitrogens with one attached hydrogen (secondary N) is 1. The predicted molar refractivity (Wildman–Crippen MR) is 75.7 cm³/mol. The molecule has 1 aromatic carbocycles. The molecule has 0 heterocycles. The van der Waals surface area contributed by atoms with Crippen molar-refractivity contribution >= 4 is 5.91 Å². The molecule has 5 heteroatoms. The van der Waals surface area contributed by atoms with Crippen LogP contribution in [-0.4, -0.2) is 37.6 Å². The minimum Gasteiger partial charge on any atom is -0.494 e. The molecule has 0 aliphatic rings. The third kappa shape index (κ3) is 4.56. The maximum Gasteiger partial charge on any atom is 0.236 e. The fraction of sp³-hybridized carbons (Fsp3) is 0.400. The zero-order valence-corrected chi connectivity index (χ0v) is 11.8. The molecule has 1 rings (SSSR count). The van der Waals surface area contributed by atoms with Gasteiger partial charge in [-0.25, -0.2) is 4.39 Å². The number of rotatable bonds is 7. The van der Waals surface area contributed by atoms with Crippen LogP contribution in [0.2, 0.25) is 0 Å². The summed E-state index contributed by atoms with van der Waals surface area (Å²) in [5.74, 6) is 2.10. The highest BCUT2D eigenvalue weighted by atomic mass is 19.1. The van der Waals surface area contributed by atoms with E-state index < -0.39 is 5.82 Å². The van der Waals surface area contributed by atoms with Crippen LogP contribution < -0.4 is 10.1 Å². The Kier molecular flexibility index (Phi) is 6.54. The van der Waals surface area contributed by atoms with Gasteiger partial charge in [0.05, 0.1) is 20.2 Å². The van der Waals surface area contributed by atoms with E-state index in [1.807, 2.05) is 6.92 Å². The van der Waals surface area contributed by atoms with Crippen molar-refractivity contribution < 1.29 is 13.9 Å². The maximum atomic E-state index is 13.6. The lowest BCUT2D eigenvalue weighted by Crippen LogP contribution is -2.37. The Morgan fingerprint density at radius 3 is 2.85 bits per heavy atom. The number of nitrogens with zero attached hydrogens (tertiary/aromatic N) is 1. The number of benzene rings is 1. The summed E-state index contributed by atoms with van der Waals surface area (Å²) >= 11 is 0. The molecule has 108 valence electrons. The molecule has 0 bridgehead atoms. The summed E-state index contributed by atoms with van der Waals surface area (Å²) in [6.45, 7) is 3.30. The van der Waals surface area contributed by atoms with Gasteiger partial charge in [0.1, 0.15) is 0 Å². The Morgan fingerprint density at radius 1 is 1.55 bits per heavy atom. The predicted octanol–water partition coefficient (Wildman–Crippen LogP) is 1.41. The van der Waals surface area contributed by atoms with Crippen LogP contribution >= 0.6 is 0 Å². The van der Waals surface area contributed by atoms with Crippen molar-refractivity contribution in [1.29, 1.82) is 0 Å². The SMILES string of the molecule is C#CCNCC(=O)N(CC)Cc1ccc(OC)c(F)c1. The second kappa shape index (κ2) is 8.18. The van der Waals surface area contributed by atoms with E-state index in [1.165, 1.54) is 13.2 Å². The van der Waals surface area contributed by atoms with Gasteiger partial charge in [-0.2, -0.15) is 0 Å². The molecule has 4 nitrogen and oxygen atoms in total. The van der Waals surface area contributed by atoms with E-state index in [9.17, 15) is 9.18 Å². The van der Waals surface area contributed by atoms with Gasteiger partial charge >= 0.3 is 0 Å². The summed E-state index contributed by atoms with van der Waals surface area (Å²) in [4.78, 5) is 13.6. The average molecular weight is 278 g/mol. The van der Waals surface area contributed by atoms with E-state index in [0.29, 0.717) is 19.6 Å². The van der Waals surface area contributed by atoms with Crippen molar-refractivity contribution in [2.45, 2.75) is 13.5 Å². The molecule has 0 aliphatic heterocycles. The number of carbonyl (C=O) groups is 1. The molecule has 0 radical (unpaired) electrons. The molecule has 1 N–H and O–H groups in total. The van der Waals surface area contributed by atoms with Crippen molar-refractivity contribution in [1.82, 2.24) is 10.2 Å². The number of carbonyl (C=O) groups excluding carboxylic acids is 1. The Labute approximate surface area is 118 Å². The Bertz CT molecular complexity index is 497. The summed E-state index contributed by atoms with van der Waals surface area (Å²) in [5.41, 5.74) is 0.718. The Balaban J connectivity index is 2.66. The molecule has 0 saturated carbocycles. The molecule has 20 heavy (non-hydrogen) atoms. The van der Waals surface area contributed by atoms with Crippen LogP contribution in [0.15, 0.2) is 18.2 Å². The van der Waals surface area contributed by atoms with Crippen LogP contribution in [0.4, 0.5) is 4.39 Å². The summed E-state index contributed by atoms with van der Waals surface area (Å²) in [7, 11) is 1.41. The van der Waals surface area contributed by atoms with Gasteiger partial charge in [0.15, 0.2) is 11.6 Å². The van der Waals surface area contributed by atoms with Crippen LogP contribution in [-0.2, 0) is 11.3 Å². The Morgan fingerprint density at radius 2 is 2.30 bits per heavy atom. The van der Waals surface area contributed by atoms with E-state index >= 15 is 0 Å². The zero-order chi connectivity index (χ0) is 15.0. The third-order valence-electron chi connectivity index (χ3n) is 2.83. The third-order valence-corrected chi connectivity index (χ3v) is 2.83. The quantitative estimate of drug-likeness (QED) is 0.605. The molecule has 1 amide bonds. The van der Waals surface area contributed by atoms with Crippen molar-refractivity contribution in [2.75, 3.05) is 26.7 Å². The molecule has 1 aromatic rings. The second-order valence-corrected chi connectivity index (χ2v) is 4.18. The minimum absolute atomic E-state index is 0.0704. The summed E-state index contributed by atoms with van der Waals surface area (Å²) in [6, 6.07) is 4.68. The molecule has 0 saturated heterocycles. The number of terminal acetylenes is 1. The van der Waals surface area contributed by atoms with Crippen LogP contribution in [0.25, 0.3) is 0 Å². The van der Waals surface area contributed by atoms with E-state index in [1.54, 1.807) is 17.0 Å². The second-order valence-electron chi connectivity index (χ2n) is 4.18. The van der Waals surface area contributed by atoms with Gasteiger partial charge in [-0.05, 0) is 24.6 Å². The molecular weight excluding hydrogens is 259 g/mol. The molecule has 0 aromatic heterocycles. The summed E-state index contributed by atoms with van der Waals surface area (Å²) in [5, 5.41) is 2.84. The molecule has 0 aliphatic carbocycles. The van der Waals surface area contributed by atoms with Crippen LogP contribution in [0.1, 0.15) is 12.5 Å².